The van der Waals surface area contributed by atoms with Crippen molar-refractivity contribution in [1.29, 1.82) is 0 Å². The summed E-state index contributed by atoms with van der Waals surface area (Å²) in [6.07, 6.45) is 0. The second-order valence-corrected chi connectivity index (χ2v) is 11.3. The number of benzene rings is 6. The Balaban J connectivity index is 1.18. The number of hydrogen-bond acceptors (Lipinski definition) is 4. The molecular weight excluding hydrogens is 562 g/mol. The van der Waals surface area contributed by atoms with E-state index in [2.05, 4.69) is 91.9 Å². The second kappa shape index (κ2) is 11.8. The van der Waals surface area contributed by atoms with Crippen LogP contribution in [0.15, 0.2) is 158 Å². The smallest absolute Gasteiger partial charge is 0.160 e. The van der Waals surface area contributed by atoms with E-state index < -0.39 is 0 Å². The first-order valence-corrected chi connectivity index (χ1v) is 15.4. The zero-order valence-electron chi connectivity index (χ0n) is 25.3. The van der Waals surface area contributed by atoms with Crippen molar-refractivity contribution < 1.29 is 4.74 Å². The Morgan fingerprint density at radius 2 is 0.891 bits per heavy atom. The minimum Gasteiger partial charge on any atom is -0.456 e. The van der Waals surface area contributed by atoms with Crippen LogP contribution in [0.1, 0.15) is 5.56 Å². The van der Waals surface area contributed by atoms with Gasteiger partial charge in [-0.25, -0.2) is 15.0 Å². The summed E-state index contributed by atoms with van der Waals surface area (Å²) < 4.78 is 6.45. The lowest BCUT2D eigenvalue weighted by Crippen LogP contribution is -1.97. The molecule has 0 unspecified atom stereocenters. The number of rotatable bonds is 6. The van der Waals surface area contributed by atoms with Crippen LogP contribution < -0.4 is 4.74 Å². The van der Waals surface area contributed by atoms with Crippen molar-refractivity contribution in [3.05, 3.63) is 163 Å². The van der Waals surface area contributed by atoms with Crippen LogP contribution in [0.4, 0.5) is 0 Å². The molecule has 0 fully saturated rings. The molecule has 0 amide bonds. The van der Waals surface area contributed by atoms with Gasteiger partial charge < -0.3 is 4.74 Å². The molecule has 0 saturated heterocycles. The van der Waals surface area contributed by atoms with Gasteiger partial charge in [-0.3, -0.25) is 0 Å². The maximum Gasteiger partial charge on any atom is 0.160 e. The Morgan fingerprint density at radius 3 is 1.59 bits per heavy atom. The molecule has 8 aromatic rings. The van der Waals surface area contributed by atoms with Crippen molar-refractivity contribution in [3.63, 3.8) is 0 Å². The summed E-state index contributed by atoms with van der Waals surface area (Å²) in [6.45, 7) is 2.07. The van der Waals surface area contributed by atoms with E-state index in [9.17, 15) is 0 Å². The molecule has 2 heterocycles. The van der Waals surface area contributed by atoms with Crippen LogP contribution in [-0.2, 0) is 0 Å². The number of nitrogens with zero attached hydrogens (tertiary/aromatic N) is 3. The van der Waals surface area contributed by atoms with Crippen LogP contribution in [-0.4, -0.2) is 15.0 Å². The van der Waals surface area contributed by atoms with Crippen LogP contribution in [0.5, 0.6) is 11.5 Å². The van der Waals surface area contributed by atoms with Crippen molar-refractivity contribution in [2.45, 2.75) is 6.92 Å². The van der Waals surface area contributed by atoms with Crippen LogP contribution in [0.3, 0.4) is 0 Å². The first-order valence-electron chi connectivity index (χ1n) is 15.4. The summed E-state index contributed by atoms with van der Waals surface area (Å²) in [5.74, 6) is 2.29. The van der Waals surface area contributed by atoms with E-state index in [-0.39, 0.29) is 0 Å². The Kier molecular flexibility index (Phi) is 7.01. The molecular formula is C42H29N3O. The van der Waals surface area contributed by atoms with E-state index in [0.717, 1.165) is 66.9 Å². The van der Waals surface area contributed by atoms with Gasteiger partial charge in [0.2, 0.25) is 0 Å². The van der Waals surface area contributed by atoms with E-state index in [1.807, 2.05) is 72.8 Å². The normalized spacial score (nSPS) is 11.2. The van der Waals surface area contributed by atoms with E-state index in [1.165, 1.54) is 11.1 Å². The lowest BCUT2D eigenvalue weighted by Gasteiger charge is -2.16. The largest absolute Gasteiger partial charge is 0.456 e. The zero-order valence-corrected chi connectivity index (χ0v) is 25.3. The molecule has 4 nitrogen and oxygen atoms in total. The lowest BCUT2D eigenvalue weighted by molar-refractivity contribution is 0.484. The van der Waals surface area contributed by atoms with Gasteiger partial charge in [-0.1, -0.05) is 127 Å². The fraction of sp³-hybridized carbons (Fsp3) is 0.0238. The molecule has 4 heteroatoms. The van der Waals surface area contributed by atoms with Crippen LogP contribution in [0.25, 0.3) is 66.8 Å². The van der Waals surface area contributed by atoms with Gasteiger partial charge in [0, 0.05) is 33.0 Å². The number of para-hydroxylation sites is 3. The maximum atomic E-state index is 6.45. The van der Waals surface area contributed by atoms with Crippen LogP contribution in [0.2, 0.25) is 0 Å². The third-order valence-electron chi connectivity index (χ3n) is 8.33. The molecule has 0 radical (unpaired) electrons. The van der Waals surface area contributed by atoms with Crippen molar-refractivity contribution >= 4 is 21.8 Å². The van der Waals surface area contributed by atoms with Crippen LogP contribution in [0, 0.1) is 6.92 Å². The third-order valence-corrected chi connectivity index (χ3v) is 8.33. The highest BCUT2D eigenvalue weighted by Gasteiger charge is 2.17. The molecule has 2 aromatic heterocycles. The van der Waals surface area contributed by atoms with Crippen LogP contribution >= 0.6 is 0 Å². The van der Waals surface area contributed by atoms with Crippen molar-refractivity contribution in [1.82, 2.24) is 15.0 Å². The molecule has 0 saturated carbocycles. The number of hydrogen-bond donors (Lipinski definition) is 0. The molecule has 218 valence electrons. The molecule has 0 N–H and O–H groups in total. The molecule has 0 aliphatic heterocycles. The highest BCUT2D eigenvalue weighted by atomic mass is 16.5. The highest BCUT2D eigenvalue weighted by Crippen LogP contribution is 2.38. The minimum absolute atomic E-state index is 0.684. The number of ether oxygens (including phenoxy) is 1. The van der Waals surface area contributed by atoms with E-state index >= 15 is 0 Å². The fourth-order valence-corrected chi connectivity index (χ4v) is 5.95. The average Bonchev–Trinajstić information content (AvgIpc) is 3.13. The average molecular weight is 592 g/mol. The minimum atomic E-state index is 0.684. The van der Waals surface area contributed by atoms with Gasteiger partial charge >= 0.3 is 0 Å². The Bertz CT molecular complexity index is 2320. The van der Waals surface area contributed by atoms with Gasteiger partial charge in [0.05, 0.1) is 22.4 Å². The molecule has 0 bridgehead atoms. The topological polar surface area (TPSA) is 47.9 Å². The monoisotopic (exact) mass is 591 g/mol. The van der Waals surface area contributed by atoms with Gasteiger partial charge in [0.15, 0.2) is 5.82 Å². The second-order valence-electron chi connectivity index (χ2n) is 11.3. The van der Waals surface area contributed by atoms with Gasteiger partial charge in [0.1, 0.15) is 11.5 Å². The molecule has 0 aliphatic carbocycles. The first-order chi connectivity index (χ1) is 22.7. The van der Waals surface area contributed by atoms with E-state index in [4.69, 9.17) is 19.7 Å². The summed E-state index contributed by atoms with van der Waals surface area (Å²) in [4.78, 5) is 15.2. The van der Waals surface area contributed by atoms with Crippen molar-refractivity contribution in [3.8, 4) is 56.5 Å². The van der Waals surface area contributed by atoms with E-state index in [0.29, 0.717) is 5.82 Å². The first kappa shape index (κ1) is 27.4. The molecule has 0 atom stereocenters. The number of aromatic nitrogens is 3. The number of pyridine rings is 1. The number of fused-ring (bicyclic) bond motifs is 2. The summed E-state index contributed by atoms with van der Waals surface area (Å²) in [6, 6.07) is 53.6. The fourth-order valence-electron chi connectivity index (χ4n) is 5.95. The molecule has 6 aromatic carbocycles. The molecule has 0 aliphatic rings. The molecule has 8 rings (SSSR count). The SMILES string of the molecule is Cc1c(-c2ccc(-c3nc(-c4ccc(-c5ccccc5)cc4)c4ccccc4n3)cc2)nc2ccccc2c1Oc1ccccc1. The zero-order chi connectivity index (χ0) is 30.9. The van der Waals surface area contributed by atoms with E-state index in [1.54, 1.807) is 0 Å². The predicted molar refractivity (Wildman–Crippen MR) is 188 cm³/mol. The Labute approximate surface area is 267 Å². The predicted octanol–water partition coefficient (Wildman–Crippen LogP) is 10.9. The molecule has 46 heavy (non-hydrogen) atoms. The van der Waals surface area contributed by atoms with Gasteiger partial charge in [0.25, 0.3) is 0 Å². The van der Waals surface area contributed by atoms with Gasteiger partial charge in [-0.2, -0.15) is 0 Å². The quantitative estimate of drug-likeness (QED) is 0.193. The van der Waals surface area contributed by atoms with Crippen molar-refractivity contribution in [2.24, 2.45) is 0 Å². The molecule has 0 spiro atoms. The standard InChI is InChI=1S/C42H29N3O/c1-28-39(43-38-19-11-9-17-36(38)41(28)46-34-14-6-3-7-15-34)31-24-26-33(27-25-31)42-44-37-18-10-8-16-35(37)40(45-42)32-22-20-30(21-23-32)29-12-4-2-5-13-29/h2-27H,1H3. The summed E-state index contributed by atoms with van der Waals surface area (Å²) in [7, 11) is 0. The summed E-state index contributed by atoms with van der Waals surface area (Å²) >= 11 is 0. The summed E-state index contributed by atoms with van der Waals surface area (Å²) in [5.41, 5.74) is 9.95. The third kappa shape index (κ3) is 5.16. The lowest BCUT2D eigenvalue weighted by atomic mass is 10.00. The highest BCUT2D eigenvalue weighted by molar-refractivity contribution is 5.94. The Morgan fingerprint density at radius 1 is 0.391 bits per heavy atom. The van der Waals surface area contributed by atoms with Gasteiger partial charge in [-0.05, 0) is 48.4 Å². The van der Waals surface area contributed by atoms with Gasteiger partial charge in [-0.15, -0.1) is 0 Å². The maximum absolute atomic E-state index is 6.45. The van der Waals surface area contributed by atoms with Crippen molar-refractivity contribution in [2.75, 3.05) is 0 Å². The Hall–Kier alpha value is -6.13. The summed E-state index contributed by atoms with van der Waals surface area (Å²) in [5, 5.41) is 2.01.